The first-order valence-corrected chi connectivity index (χ1v) is 5.38. The molecule has 0 saturated carbocycles. The summed E-state index contributed by atoms with van der Waals surface area (Å²) in [5, 5.41) is 0. The van der Waals surface area contributed by atoms with Gasteiger partial charge in [0.1, 0.15) is 5.60 Å². The van der Waals surface area contributed by atoms with Crippen molar-refractivity contribution in [3.05, 3.63) is 0 Å². The molecule has 2 unspecified atom stereocenters. The second-order valence-electron chi connectivity index (χ2n) is 3.15. The molecule has 2 rings (SSSR count). The Morgan fingerprint density at radius 3 is 2.50 bits per heavy atom. The van der Waals surface area contributed by atoms with Crippen molar-refractivity contribution in [3.8, 4) is 0 Å². The molecule has 4 nitrogen and oxygen atoms in total. The summed E-state index contributed by atoms with van der Waals surface area (Å²) in [7, 11) is 2.18. The molecular weight excluding hydrogens is 176 g/mol. The Balaban J connectivity index is 2.01. The van der Waals surface area contributed by atoms with Crippen molar-refractivity contribution in [2.75, 3.05) is 34.0 Å². The Hall–Kier alpha value is 0.0569. The molecule has 0 aromatic rings. The zero-order valence-corrected chi connectivity index (χ0v) is 8.33. The number of rotatable bonds is 3. The van der Waals surface area contributed by atoms with Gasteiger partial charge in [-0.15, -0.1) is 0 Å². The Morgan fingerprint density at radius 2 is 2.00 bits per heavy atom. The standard InChI is InChI=1S/C7H13O4Si/c1-8-12(9-2)6-3-10-4-7(6)5-11-7/h6H,3-5H2,1-2H3. The lowest BCUT2D eigenvalue weighted by Crippen LogP contribution is -2.35. The summed E-state index contributed by atoms with van der Waals surface area (Å²) in [5.74, 6) is 0. The largest absolute Gasteiger partial charge is 0.396 e. The van der Waals surface area contributed by atoms with Gasteiger partial charge in [-0.3, -0.25) is 0 Å². The lowest BCUT2D eigenvalue weighted by atomic mass is 10.1. The summed E-state index contributed by atoms with van der Waals surface area (Å²) in [6, 6.07) is 0. The van der Waals surface area contributed by atoms with Crippen molar-refractivity contribution in [2.45, 2.75) is 11.1 Å². The van der Waals surface area contributed by atoms with Gasteiger partial charge < -0.3 is 18.3 Å². The van der Waals surface area contributed by atoms with Crippen LogP contribution >= 0.6 is 0 Å². The van der Waals surface area contributed by atoms with Crippen LogP contribution in [0.3, 0.4) is 0 Å². The summed E-state index contributed by atoms with van der Waals surface area (Å²) in [5.41, 5.74) is 0.290. The highest BCUT2D eigenvalue weighted by atomic mass is 28.3. The van der Waals surface area contributed by atoms with Gasteiger partial charge in [0, 0.05) is 14.2 Å². The molecule has 0 aromatic carbocycles. The van der Waals surface area contributed by atoms with Crippen molar-refractivity contribution in [1.82, 2.24) is 0 Å². The van der Waals surface area contributed by atoms with Crippen molar-refractivity contribution >= 4 is 9.28 Å². The molecular formula is C7H13O4Si. The van der Waals surface area contributed by atoms with Gasteiger partial charge in [-0.25, -0.2) is 0 Å². The third-order valence-corrected chi connectivity index (χ3v) is 4.53. The van der Waals surface area contributed by atoms with Crippen LogP contribution in [0, 0.1) is 0 Å². The maximum absolute atomic E-state index is 5.39. The molecule has 0 amide bonds. The van der Waals surface area contributed by atoms with E-state index in [1.54, 1.807) is 14.2 Å². The average molecular weight is 189 g/mol. The monoisotopic (exact) mass is 189 g/mol. The second-order valence-corrected chi connectivity index (χ2v) is 5.30. The minimum Gasteiger partial charge on any atom is -0.396 e. The molecule has 0 aliphatic carbocycles. The van der Waals surface area contributed by atoms with Crippen LogP contribution in [-0.4, -0.2) is 48.9 Å². The minimum atomic E-state index is -1.19. The molecule has 2 aliphatic heterocycles. The molecule has 2 heterocycles. The van der Waals surface area contributed by atoms with E-state index in [0.717, 1.165) is 13.2 Å². The number of ether oxygens (including phenoxy) is 2. The van der Waals surface area contributed by atoms with E-state index in [4.69, 9.17) is 18.3 Å². The minimum absolute atomic E-state index is 0.0414. The van der Waals surface area contributed by atoms with Gasteiger partial charge in [0.15, 0.2) is 0 Å². The topological polar surface area (TPSA) is 40.2 Å². The fourth-order valence-electron chi connectivity index (χ4n) is 1.63. The van der Waals surface area contributed by atoms with Crippen LogP contribution in [0.2, 0.25) is 5.54 Å². The normalized spacial score (nSPS) is 39.8. The molecule has 69 valence electrons. The van der Waals surface area contributed by atoms with Crippen LogP contribution in [-0.2, 0) is 18.3 Å². The maximum Gasteiger partial charge on any atom is 0.393 e. The summed E-state index contributed by atoms with van der Waals surface area (Å²) in [6.45, 7) is 2.23. The highest BCUT2D eigenvalue weighted by Crippen LogP contribution is 2.45. The van der Waals surface area contributed by atoms with Gasteiger partial charge in [-0.05, 0) is 0 Å². The Morgan fingerprint density at radius 1 is 1.33 bits per heavy atom. The van der Waals surface area contributed by atoms with Gasteiger partial charge in [-0.2, -0.15) is 0 Å². The van der Waals surface area contributed by atoms with Crippen LogP contribution < -0.4 is 0 Å². The van der Waals surface area contributed by atoms with Crippen molar-refractivity contribution in [3.63, 3.8) is 0 Å². The van der Waals surface area contributed by atoms with E-state index in [0.29, 0.717) is 12.1 Å². The molecule has 0 N–H and O–H groups in total. The molecule has 0 aromatic heterocycles. The molecule has 2 fully saturated rings. The number of epoxide rings is 1. The Bertz CT molecular complexity index is 167. The third-order valence-electron chi connectivity index (χ3n) is 2.47. The quantitative estimate of drug-likeness (QED) is 0.460. The third kappa shape index (κ3) is 1.21. The van der Waals surface area contributed by atoms with Crippen LogP contribution in [0.1, 0.15) is 0 Å². The lowest BCUT2D eigenvalue weighted by Gasteiger charge is -2.18. The van der Waals surface area contributed by atoms with Crippen LogP contribution in [0.4, 0.5) is 0 Å². The summed E-state index contributed by atoms with van der Waals surface area (Å²) >= 11 is 0. The smallest absolute Gasteiger partial charge is 0.393 e. The van der Waals surface area contributed by atoms with Crippen molar-refractivity contribution in [1.29, 1.82) is 0 Å². The van der Waals surface area contributed by atoms with E-state index in [9.17, 15) is 0 Å². The predicted molar refractivity (Wildman–Crippen MR) is 43.0 cm³/mol. The van der Waals surface area contributed by atoms with Crippen molar-refractivity contribution in [2.24, 2.45) is 0 Å². The fourth-order valence-corrected chi connectivity index (χ4v) is 3.30. The molecule has 1 radical (unpaired) electrons. The van der Waals surface area contributed by atoms with E-state index in [1.807, 2.05) is 0 Å². The lowest BCUT2D eigenvalue weighted by molar-refractivity contribution is 0.171. The first kappa shape index (κ1) is 8.65. The molecule has 12 heavy (non-hydrogen) atoms. The number of hydrogen-bond acceptors (Lipinski definition) is 4. The SMILES string of the molecule is CO[Si](OC)C1COCC12CO2. The van der Waals surface area contributed by atoms with E-state index in [2.05, 4.69) is 0 Å². The molecule has 2 saturated heterocycles. The van der Waals surface area contributed by atoms with Gasteiger partial charge in [-0.1, -0.05) is 0 Å². The Labute approximate surface area is 73.6 Å². The summed E-state index contributed by atoms with van der Waals surface area (Å²) in [4.78, 5) is 0. The number of hydrogen-bond donors (Lipinski definition) is 0. The zero-order valence-electron chi connectivity index (χ0n) is 7.33. The zero-order chi connectivity index (χ0) is 8.60. The fraction of sp³-hybridized carbons (Fsp3) is 1.00. The molecule has 0 bridgehead atoms. The highest BCUT2D eigenvalue weighted by molar-refractivity contribution is 6.47. The van der Waals surface area contributed by atoms with Gasteiger partial charge in [0.25, 0.3) is 0 Å². The van der Waals surface area contributed by atoms with Gasteiger partial charge in [0.05, 0.1) is 25.4 Å². The van der Waals surface area contributed by atoms with Gasteiger partial charge >= 0.3 is 9.28 Å². The first-order chi connectivity index (χ1) is 5.82. The molecule has 1 spiro atoms. The molecule has 2 atom stereocenters. The molecule has 5 heteroatoms. The first-order valence-electron chi connectivity index (χ1n) is 3.99. The van der Waals surface area contributed by atoms with E-state index < -0.39 is 9.28 Å². The average Bonchev–Trinajstić information content (AvgIpc) is 2.72. The summed E-state index contributed by atoms with van der Waals surface area (Å²) in [6.07, 6.45) is 0. The van der Waals surface area contributed by atoms with Crippen LogP contribution in [0.5, 0.6) is 0 Å². The predicted octanol–water partition coefficient (Wildman–Crippen LogP) is -0.0632. The van der Waals surface area contributed by atoms with Gasteiger partial charge in [0.2, 0.25) is 0 Å². The van der Waals surface area contributed by atoms with Crippen LogP contribution in [0.25, 0.3) is 0 Å². The van der Waals surface area contributed by atoms with Crippen molar-refractivity contribution < 1.29 is 18.3 Å². The second kappa shape index (κ2) is 3.08. The maximum atomic E-state index is 5.39. The summed E-state index contributed by atoms with van der Waals surface area (Å²) < 4.78 is 21.3. The van der Waals surface area contributed by atoms with E-state index >= 15 is 0 Å². The molecule has 2 aliphatic rings. The van der Waals surface area contributed by atoms with E-state index in [1.165, 1.54) is 0 Å². The van der Waals surface area contributed by atoms with Crippen LogP contribution in [0.15, 0.2) is 0 Å². The van der Waals surface area contributed by atoms with E-state index in [-0.39, 0.29) is 5.60 Å². The highest BCUT2D eigenvalue weighted by Gasteiger charge is 2.60. The Kier molecular flexibility index (Phi) is 2.22.